The van der Waals surface area contributed by atoms with Crippen molar-refractivity contribution in [1.29, 1.82) is 0 Å². The molecule has 1 unspecified atom stereocenters. The Bertz CT molecular complexity index is 1020. The normalized spacial score (nSPS) is 20.3. The number of hydrogen-bond donors (Lipinski definition) is 3. The van der Waals surface area contributed by atoms with Gasteiger partial charge in [0.2, 0.25) is 21.8 Å². The fraction of sp³-hybridized carbons (Fsp3) is 0.579. The second-order valence-corrected chi connectivity index (χ2v) is 11.9. The lowest BCUT2D eigenvalue weighted by atomic mass is 9.92. The molecule has 1 saturated heterocycles. The van der Waals surface area contributed by atoms with Gasteiger partial charge >= 0.3 is 0 Å². The van der Waals surface area contributed by atoms with Crippen LogP contribution in [-0.2, 0) is 42.3 Å². The van der Waals surface area contributed by atoms with Crippen LogP contribution in [0.15, 0.2) is 23.1 Å². The number of nitrogens with one attached hydrogen (secondary N) is 3. The summed E-state index contributed by atoms with van der Waals surface area (Å²) in [6.45, 7) is -0.109. The summed E-state index contributed by atoms with van der Waals surface area (Å²) < 4.78 is 50.1. The minimum Gasteiger partial charge on any atom is -0.273 e. The number of fused-ring (bicyclic) bond motifs is 1. The number of sulfone groups is 1. The Morgan fingerprint density at radius 3 is 2.43 bits per heavy atom. The first-order chi connectivity index (χ1) is 14.1. The van der Waals surface area contributed by atoms with E-state index in [-0.39, 0.29) is 41.7 Å². The van der Waals surface area contributed by atoms with Crippen molar-refractivity contribution < 1.29 is 26.4 Å². The van der Waals surface area contributed by atoms with Crippen molar-refractivity contribution in [2.24, 2.45) is 5.92 Å². The van der Waals surface area contributed by atoms with Gasteiger partial charge in [-0.15, -0.1) is 0 Å². The first kappa shape index (κ1) is 22.7. The van der Waals surface area contributed by atoms with Crippen LogP contribution in [0.25, 0.3) is 0 Å². The smallest absolute Gasteiger partial charge is 0.240 e. The number of carbonyl (C=O) groups is 2. The van der Waals surface area contributed by atoms with E-state index in [4.69, 9.17) is 0 Å². The van der Waals surface area contributed by atoms with E-state index in [1.807, 2.05) is 6.07 Å². The van der Waals surface area contributed by atoms with Crippen LogP contribution in [0, 0.1) is 5.92 Å². The van der Waals surface area contributed by atoms with Crippen LogP contribution in [0.3, 0.4) is 0 Å². The van der Waals surface area contributed by atoms with Gasteiger partial charge < -0.3 is 0 Å². The molecule has 2 amide bonds. The highest BCUT2D eigenvalue weighted by Gasteiger charge is 2.29. The molecule has 1 atom stereocenters. The van der Waals surface area contributed by atoms with Crippen LogP contribution in [0.2, 0.25) is 0 Å². The molecule has 1 fully saturated rings. The van der Waals surface area contributed by atoms with Crippen LogP contribution < -0.4 is 15.6 Å². The van der Waals surface area contributed by atoms with Crippen molar-refractivity contribution in [2.75, 3.05) is 18.1 Å². The molecule has 1 aromatic rings. The third-order valence-corrected chi connectivity index (χ3v) is 8.71. The SMILES string of the molecule is O=C(CCNS(=O)(=O)c1ccc2c(c1)CCCC2)NNC(=O)CC1CCS(=O)(=O)C1. The Kier molecular flexibility index (Phi) is 7.14. The third-order valence-electron chi connectivity index (χ3n) is 5.42. The highest BCUT2D eigenvalue weighted by Crippen LogP contribution is 2.24. The lowest BCUT2D eigenvalue weighted by Crippen LogP contribution is -2.43. The van der Waals surface area contributed by atoms with Crippen LogP contribution in [0.1, 0.15) is 43.2 Å². The van der Waals surface area contributed by atoms with Crippen molar-refractivity contribution >= 4 is 31.7 Å². The fourth-order valence-electron chi connectivity index (χ4n) is 3.81. The average molecular weight is 458 g/mol. The van der Waals surface area contributed by atoms with Crippen molar-refractivity contribution in [3.8, 4) is 0 Å². The van der Waals surface area contributed by atoms with Crippen molar-refractivity contribution in [1.82, 2.24) is 15.6 Å². The summed E-state index contributed by atoms with van der Waals surface area (Å²) in [5.41, 5.74) is 6.70. The lowest BCUT2D eigenvalue weighted by Gasteiger charge is -2.16. The summed E-state index contributed by atoms with van der Waals surface area (Å²) in [6.07, 6.45) is 4.30. The van der Waals surface area contributed by atoms with Gasteiger partial charge in [0.1, 0.15) is 0 Å². The number of amides is 2. The number of carbonyl (C=O) groups excluding carboxylic acids is 2. The van der Waals surface area contributed by atoms with Gasteiger partial charge in [0.15, 0.2) is 9.84 Å². The highest BCUT2D eigenvalue weighted by atomic mass is 32.2. The van der Waals surface area contributed by atoms with E-state index in [9.17, 15) is 26.4 Å². The average Bonchev–Trinajstić information content (AvgIpc) is 3.04. The molecule has 1 aromatic carbocycles. The summed E-state index contributed by atoms with van der Waals surface area (Å²) >= 11 is 0. The summed E-state index contributed by atoms with van der Waals surface area (Å²) in [5.74, 6) is -1.19. The largest absolute Gasteiger partial charge is 0.273 e. The molecule has 30 heavy (non-hydrogen) atoms. The summed E-state index contributed by atoms with van der Waals surface area (Å²) in [7, 11) is -6.78. The standard InChI is InChI=1S/C19H27N3O6S2/c23-18(21-22-19(24)11-14-8-10-29(25,26)13-14)7-9-20-30(27,28)17-6-5-15-3-1-2-4-16(15)12-17/h5-6,12,14,20H,1-4,7-11,13H2,(H,21,23)(H,22,24). The Morgan fingerprint density at radius 1 is 1.03 bits per heavy atom. The maximum atomic E-state index is 12.4. The van der Waals surface area contributed by atoms with E-state index in [2.05, 4.69) is 15.6 Å². The maximum absolute atomic E-state index is 12.4. The quantitative estimate of drug-likeness (QED) is 0.500. The predicted octanol–water partition coefficient (Wildman–Crippen LogP) is 0.206. The van der Waals surface area contributed by atoms with E-state index in [0.29, 0.717) is 6.42 Å². The fourth-order valence-corrected chi connectivity index (χ4v) is 6.75. The van der Waals surface area contributed by atoms with Crippen molar-refractivity contribution in [3.63, 3.8) is 0 Å². The van der Waals surface area contributed by atoms with E-state index >= 15 is 0 Å². The second-order valence-electron chi connectivity index (χ2n) is 7.85. The number of sulfonamides is 1. The molecule has 3 rings (SSSR count). The Morgan fingerprint density at radius 2 is 1.73 bits per heavy atom. The van der Waals surface area contributed by atoms with Crippen LogP contribution in [0.4, 0.5) is 0 Å². The zero-order chi connectivity index (χ0) is 21.8. The molecule has 1 aliphatic carbocycles. The zero-order valence-corrected chi connectivity index (χ0v) is 18.3. The number of rotatable bonds is 7. The topological polar surface area (TPSA) is 139 Å². The second kappa shape index (κ2) is 9.44. The monoisotopic (exact) mass is 457 g/mol. The Labute approximate surface area is 176 Å². The molecule has 9 nitrogen and oxygen atoms in total. The van der Waals surface area contributed by atoms with Crippen LogP contribution >= 0.6 is 0 Å². The molecule has 166 valence electrons. The molecule has 0 spiro atoms. The van der Waals surface area contributed by atoms with E-state index in [1.54, 1.807) is 12.1 Å². The third kappa shape index (κ3) is 6.26. The molecule has 0 aromatic heterocycles. The Balaban J connectivity index is 1.40. The van der Waals surface area contributed by atoms with Crippen molar-refractivity contribution in [2.45, 2.75) is 49.8 Å². The van der Waals surface area contributed by atoms with Gasteiger partial charge in [-0.3, -0.25) is 20.4 Å². The molecular weight excluding hydrogens is 430 g/mol. The van der Waals surface area contributed by atoms with E-state index in [0.717, 1.165) is 31.2 Å². The number of hydrogen-bond acceptors (Lipinski definition) is 6. The van der Waals surface area contributed by atoms with Gasteiger partial charge in [-0.1, -0.05) is 6.07 Å². The molecule has 1 aliphatic heterocycles. The molecule has 2 aliphatic rings. The number of benzene rings is 1. The number of aryl methyl sites for hydroxylation is 2. The van der Waals surface area contributed by atoms with E-state index < -0.39 is 31.7 Å². The minimum absolute atomic E-state index is 0.0150. The molecule has 0 radical (unpaired) electrons. The molecule has 0 saturated carbocycles. The first-order valence-electron chi connectivity index (χ1n) is 10.0. The maximum Gasteiger partial charge on any atom is 0.240 e. The lowest BCUT2D eigenvalue weighted by molar-refractivity contribution is -0.129. The van der Waals surface area contributed by atoms with Crippen LogP contribution in [-0.4, -0.2) is 46.7 Å². The van der Waals surface area contributed by atoms with Gasteiger partial charge in [-0.25, -0.2) is 21.6 Å². The van der Waals surface area contributed by atoms with Gasteiger partial charge in [-0.2, -0.15) is 0 Å². The van der Waals surface area contributed by atoms with Gasteiger partial charge in [0, 0.05) is 19.4 Å². The van der Waals surface area contributed by atoms with Gasteiger partial charge in [0.05, 0.1) is 16.4 Å². The molecular formula is C19H27N3O6S2. The zero-order valence-electron chi connectivity index (χ0n) is 16.6. The molecule has 0 bridgehead atoms. The van der Waals surface area contributed by atoms with Crippen molar-refractivity contribution in [3.05, 3.63) is 29.3 Å². The molecule has 11 heteroatoms. The minimum atomic E-state index is -3.72. The highest BCUT2D eigenvalue weighted by molar-refractivity contribution is 7.91. The van der Waals surface area contributed by atoms with Crippen LogP contribution in [0.5, 0.6) is 0 Å². The summed E-state index contributed by atoms with van der Waals surface area (Å²) in [4.78, 5) is 23.8. The van der Waals surface area contributed by atoms with Gasteiger partial charge in [-0.05, 0) is 61.3 Å². The van der Waals surface area contributed by atoms with E-state index in [1.165, 1.54) is 5.56 Å². The van der Waals surface area contributed by atoms with Gasteiger partial charge in [0.25, 0.3) is 0 Å². The molecule has 1 heterocycles. The number of hydrazine groups is 1. The summed E-state index contributed by atoms with van der Waals surface area (Å²) in [6, 6.07) is 5.12. The predicted molar refractivity (Wildman–Crippen MR) is 111 cm³/mol. The Hall–Kier alpha value is -1.98. The molecule has 3 N–H and O–H groups in total. The summed E-state index contributed by atoms with van der Waals surface area (Å²) in [5, 5.41) is 0. The first-order valence-corrected chi connectivity index (χ1v) is 13.3.